The van der Waals surface area contributed by atoms with E-state index in [1.807, 2.05) is 0 Å². The average Bonchev–Trinajstić information content (AvgIpc) is 2.63. The summed E-state index contributed by atoms with van der Waals surface area (Å²) in [5.41, 5.74) is 0. The van der Waals surface area contributed by atoms with Gasteiger partial charge in [-0.1, -0.05) is 84.0 Å². The molecule has 0 spiro atoms. The standard InChI is InChI=1S/C21H39NO4/c1-3-5-6-7-8-9-10-11-12-13-14-15-16-17-19(24)20(22-18-23)21(25)26-4-2/h18,20H,3-17H2,1-2H3,(H,22,23). The minimum Gasteiger partial charge on any atom is -0.464 e. The van der Waals surface area contributed by atoms with Gasteiger partial charge in [0.1, 0.15) is 0 Å². The Morgan fingerprint density at radius 1 is 0.808 bits per heavy atom. The highest BCUT2D eigenvalue weighted by Crippen LogP contribution is 2.13. The van der Waals surface area contributed by atoms with Crippen molar-refractivity contribution >= 4 is 18.2 Å². The predicted molar refractivity (Wildman–Crippen MR) is 105 cm³/mol. The number of carbonyl (C=O) groups excluding carboxylic acids is 3. The summed E-state index contributed by atoms with van der Waals surface area (Å²) in [4.78, 5) is 34.2. The third kappa shape index (κ3) is 13.9. The van der Waals surface area contributed by atoms with Gasteiger partial charge >= 0.3 is 5.97 Å². The number of ketones is 1. The van der Waals surface area contributed by atoms with Crippen LogP contribution in [-0.2, 0) is 19.1 Å². The second-order valence-electron chi connectivity index (χ2n) is 6.93. The molecule has 0 fully saturated rings. The van der Waals surface area contributed by atoms with Gasteiger partial charge in [-0.2, -0.15) is 0 Å². The van der Waals surface area contributed by atoms with Gasteiger partial charge in [-0.25, -0.2) is 4.79 Å². The molecule has 1 amide bonds. The Labute approximate surface area is 159 Å². The summed E-state index contributed by atoms with van der Waals surface area (Å²) in [5, 5.41) is 2.26. The smallest absolute Gasteiger partial charge is 0.336 e. The number of Topliss-reactive ketones (excluding diaryl/α,β-unsaturated/α-hetero) is 1. The predicted octanol–water partition coefficient (Wildman–Crippen LogP) is 4.71. The maximum atomic E-state index is 12.0. The number of esters is 1. The Hall–Kier alpha value is -1.39. The normalized spacial score (nSPS) is 11.8. The second kappa shape index (κ2) is 18.4. The molecule has 0 bridgehead atoms. The lowest BCUT2D eigenvalue weighted by Gasteiger charge is -2.13. The van der Waals surface area contributed by atoms with Gasteiger partial charge in [-0.15, -0.1) is 0 Å². The molecule has 1 N–H and O–H groups in total. The Morgan fingerprint density at radius 3 is 1.69 bits per heavy atom. The summed E-state index contributed by atoms with van der Waals surface area (Å²) in [5.74, 6) is -0.932. The molecule has 5 nitrogen and oxygen atoms in total. The van der Waals surface area contributed by atoms with Crippen molar-refractivity contribution < 1.29 is 19.1 Å². The molecule has 0 radical (unpaired) electrons. The van der Waals surface area contributed by atoms with Crippen LogP contribution in [-0.4, -0.2) is 30.8 Å². The van der Waals surface area contributed by atoms with E-state index in [4.69, 9.17) is 4.74 Å². The summed E-state index contributed by atoms with van der Waals surface area (Å²) < 4.78 is 4.82. The summed E-state index contributed by atoms with van der Waals surface area (Å²) in [6, 6.07) is -1.15. The fraction of sp³-hybridized carbons (Fsp3) is 0.857. The van der Waals surface area contributed by atoms with Crippen LogP contribution >= 0.6 is 0 Å². The highest BCUT2D eigenvalue weighted by Gasteiger charge is 2.26. The van der Waals surface area contributed by atoms with Crippen LogP contribution in [0.3, 0.4) is 0 Å². The van der Waals surface area contributed by atoms with Crippen LogP contribution in [0.1, 0.15) is 104 Å². The quantitative estimate of drug-likeness (QED) is 0.155. The monoisotopic (exact) mass is 369 g/mol. The highest BCUT2D eigenvalue weighted by atomic mass is 16.5. The van der Waals surface area contributed by atoms with Gasteiger partial charge in [0.25, 0.3) is 0 Å². The Balaban J connectivity index is 3.56. The largest absolute Gasteiger partial charge is 0.464 e. The molecule has 0 saturated heterocycles. The summed E-state index contributed by atoms with van der Waals surface area (Å²) >= 11 is 0. The zero-order valence-electron chi connectivity index (χ0n) is 16.9. The third-order valence-electron chi connectivity index (χ3n) is 4.61. The van der Waals surface area contributed by atoms with E-state index in [1.54, 1.807) is 6.92 Å². The maximum absolute atomic E-state index is 12.0. The SMILES string of the molecule is CCCCCCCCCCCCCCCC(=O)C(NC=O)C(=O)OCC. The van der Waals surface area contributed by atoms with Gasteiger partial charge < -0.3 is 10.1 Å². The first kappa shape index (κ1) is 24.6. The first-order valence-corrected chi connectivity index (χ1v) is 10.6. The van der Waals surface area contributed by atoms with Crippen LogP contribution < -0.4 is 5.32 Å². The van der Waals surface area contributed by atoms with Gasteiger partial charge in [-0.05, 0) is 13.3 Å². The number of hydrogen-bond donors (Lipinski definition) is 1. The Bertz CT molecular complexity index is 371. The molecule has 0 heterocycles. The van der Waals surface area contributed by atoms with E-state index in [1.165, 1.54) is 64.2 Å². The van der Waals surface area contributed by atoms with E-state index in [2.05, 4.69) is 12.2 Å². The number of rotatable bonds is 19. The number of nitrogens with one attached hydrogen (secondary N) is 1. The molecule has 0 saturated carbocycles. The zero-order valence-corrected chi connectivity index (χ0v) is 16.9. The van der Waals surface area contributed by atoms with Crippen LogP contribution in [0, 0.1) is 0 Å². The minimum atomic E-state index is -1.15. The number of unbranched alkanes of at least 4 members (excludes halogenated alkanes) is 12. The molecule has 5 heteroatoms. The molecule has 0 aromatic carbocycles. The average molecular weight is 370 g/mol. The van der Waals surface area contributed by atoms with Crippen molar-refractivity contribution in [3.05, 3.63) is 0 Å². The van der Waals surface area contributed by atoms with E-state index in [-0.39, 0.29) is 12.4 Å². The van der Waals surface area contributed by atoms with Crippen molar-refractivity contribution in [1.29, 1.82) is 0 Å². The lowest BCUT2D eigenvalue weighted by Crippen LogP contribution is -2.43. The van der Waals surface area contributed by atoms with Crippen molar-refractivity contribution in [1.82, 2.24) is 5.32 Å². The Kier molecular flexibility index (Phi) is 17.4. The number of hydrogen-bond acceptors (Lipinski definition) is 4. The Morgan fingerprint density at radius 2 is 1.27 bits per heavy atom. The van der Waals surface area contributed by atoms with Crippen molar-refractivity contribution in [3.8, 4) is 0 Å². The van der Waals surface area contributed by atoms with E-state index < -0.39 is 12.0 Å². The molecule has 0 aliphatic heterocycles. The topological polar surface area (TPSA) is 72.5 Å². The summed E-state index contributed by atoms with van der Waals surface area (Å²) in [6.45, 7) is 4.12. The molecule has 1 atom stereocenters. The van der Waals surface area contributed by atoms with Gasteiger partial charge in [0.05, 0.1) is 6.61 Å². The molecule has 1 unspecified atom stereocenters. The molecular weight excluding hydrogens is 330 g/mol. The first-order chi connectivity index (χ1) is 12.7. The van der Waals surface area contributed by atoms with Crippen LogP contribution in [0.4, 0.5) is 0 Å². The van der Waals surface area contributed by atoms with Crippen LogP contribution in [0.5, 0.6) is 0 Å². The lowest BCUT2D eigenvalue weighted by atomic mass is 10.0. The number of amides is 1. The molecule has 0 rings (SSSR count). The maximum Gasteiger partial charge on any atom is 0.336 e. The summed E-state index contributed by atoms with van der Waals surface area (Å²) in [7, 11) is 0. The van der Waals surface area contributed by atoms with E-state index >= 15 is 0 Å². The third-order valence-corrected chi connectivity index (χ3v) is 4.61. The van der Waals surface area contributed by atoms with E-state index in [0.717, 1.165) is 19.3 Å². The van der Waals surface area contributed by atoms with Gasteiger partial charge in [0, 0.05) is 6.42 Å². The lowest BCUT2D eigenvalue weighted by molar-refractivity contribution is -0.149. The molecule has 0 aliphatic carbocycles. The van der Waals surface area contributed by atoms with Crippen molar-refractivity contribution in [3.63, 3.8) is 0 Å². The van der Waals surface area contributed by atoms with E-state index in [9.17, 15) is 14.4 Å². The van der Waals surface area contributed by atoms with Crippen LogP contribution in [0.25, 0.3) is 0 Å². The molecule has 0 aromatic rings. The molecule has 0 aliphatic rings. The fourth-order valence-electron chi connectivity index (χ4n) is 3.05. The number of carbonyl (C=O) groups is 3. The van der Waals surface area contributed by atoms with Crippen LogP contribution in [0.15, 0.2) is 0 Å². The second-order valence-corrected chi connectivity index (χ2v) is 6.93. The van der Waals surface area contributed by atoms with Crippen molar-refractivity contribution in [2.45, 2.75) is 110 Å². The van der Waals surface area contributed by atoms with Crippen LogP contribution in [0.2, 0.25) is 0 Å². The minimum absolute atomic E-state index is 0.196. The van der Waals surface area contributed by atoms with Crippen molar-refractivity contribution in [2.75, 3.05) is 6.61 Å². The first-order valence-electron chi connectivity index (χ1n) is 10.6. The number of ether oxygens (including phenoxy) is 1. The molecule has 26 heavy (non-hydrogen) atoms. The molecular formula is C21H39NO4. The zero-order chi connectivity index (χ0) is 19.5. The van der Waals surface area contributed by atoms with E-state index in [0.29, 0.717) is 12.8 Å². The van der Waals surface area contributed by atoms with Gasteiger partial charge in [0.15, 0.2) is 11.8 Å². The molecule has 152 valence electrons. The molecule has 0 aromatic heterocycles. The summed E-state index contributed by atoms with van der Waals surface area (Å²) in [6.07, 6.45) is 16.8. The fourth-order valence-corrected chi connectivity index (χ4v) is 3.05. The van der Waals surface area contributed by atoms with Crippen molar-refractivity contribution in [2.24, 2.45) is 0 Å². The highest BCUT2D eigenvalue weighted by molar-refractivity contribution is 6.04. The van der Waals surface area contributed by atoms with Gasteiger partial charge in [0.2, 0.25) is 6.41 Å². The van der Waals surface area contributed by atoms with Gasteiger partial charge in [-0.3, -0.25) is 9.59 Å².